The zero-order valence-electron chi connectivity index (χ0n) is 13.2. The lowest BCUT2D eigenvalue weighted by Crippen LogP contribution is -2.32. The predicted octanol–water partition coefficient (Wildman–Crippen LogP) is 2.16. The van der Waals surface area contributed by atoms with Crippen LogP contribution in [0.2, 0.25) is 0 Å². The molecular weight excluding hydrogens is 274 g/mol. The fraction of sp³-hybridized carbons (Fsp3) is 0.786. The molecule has 0 spiro atoms. The van der Waals surface area contributed by atoms with Crippen molar-refractivity contribution in [2.24, 2.45) is 0 Å². The van der Waals surface area contributed by atoms with Crippen molar-refractivity contribution < 1.29 is 8.42 Å². The zero-order valence-corrected chi connectivity index (χ0v) is 14.0. The van der Waals surface area contributed by atoms with Crippen LogP contribution in [0.3, 0.4) is 0 Å². The Morgan fingerprint density at radius 2 is 2.00 bits per heavy atom. The van der Waals surface area contributed by atoms with E-state index in [0.717, 1.165) is 18.5 Å². The summed E-state index contributed by atoms with van der Waals surface area (Å²) in [5.74, 6) is 0.121. The highest BCUT2D eigenvalue weighted by molar-refractivity contribution is 7.92. The van der Waals surface area contributed by atoms with Gasteiger partial charge < -0.3 is 5.32 Å². The summed E-state index contributed by atoms with van der Waals surface area (Å²) in [7, 11) is -3.10. The van der Waals surface area contributed by atoms with Crippen molar-refractivity contribution in [2.45, 2.75) is 58.4 Å². The smallest absolute Gasteiger partial charge is 0.157 e. The first-order chi connectivity index (χ1) is 9.21. The van der Waals surface area contributed by atoms with Crippen LogP contribution in [0.25, 0.3) is 0 Å². The zero-order chi connectivity index (χ0) is 15.4. The van der Waals surface area contributed by atoms with Crippen LogP contribution in [0, 0.1) is 0 Å². The van der Waals surface area contributed by atoms with Gasteiger partial charge in [0.25, 0.3) is 0 Å². The first kappa shape index (κ1) is 17.2. The van der Waals surface area contributed by atoms with E-state index in [2.05, 4.69) is 24.3 Å². The second-order valence-corrected chi connectivity index (χ2v) is 8.85. The average Bonchev–Trinajstić information content (AvgIpc) is 2.81. The van der Waals surface area contributed by atoms with E-state index < -0.39 is 14.6 Å². The van der Waals surface area contributed by atoms with Gasteiger partial charge in [-0.15, -0.1) is 0 Å². The summed E-state index contributed by atoms with van der Waals surface area (Å²) < 4.78 is 25.2. The molecule has 6 heteroatoms. The van der Waals surface area contributed by atoms with Gasteiger partial charge in [0.15, 0.2) is 9.84 Å². The number of nitrogens with zero attached hydrogens (tertiary/aromatic N) is 2. The Morgan fingerprint density at radius 1 is 1.35 bits per heavy atom. The molecule has 1 unspecified atom stereocenters. The van der Waals surface area contributed by atoms with Crippen molar-refractivity contribution in [2.75, 3.05) is 12.3 Å². The maximum Gasteiger partial charge on any atom is 0.157 e. The molecule has 0 fully saturated rings. The van der Waals surface area contributed by atoms with Gasteiger partial charge in [0.1, 0.15) is 0 Å². The molecule has 1 aromatic heterocycles. The summed E-state index contributed by atoms with van der Waals surface area (Å²) in [6, 6.07) is 0.285. The van der Waals surface area contributed by atoms with Crippen LogP contribution in [0.5, 0.6) is 0 Å². The number of aryl methyl sites for hydroxylation is 1. The standard InChI is InChI=1S/C14H27N3O2S/c1-6-13(15-7-2)12-10-16-17(11-12)8-9-20(18,19)14(3,4)5/h10-11,13,15H,6-9H2,1-5H3. The van der Waals surface area contributed by atoms with Crippen LogP contribution in [0.4, 0.5) is 0 Å². The second-order valence-electron chi connectivity index (χ2n) is 5.99. The van der Waals surface area contributed by atoms with Gasteiger partial charge >= 0.3 is 0 Å². The summed E-state index contributed by atoms with van der Waals surface area (Å²) in [5.41, 5.74) is 1.11. The third-order valence-electron chi connectivity index (χ3n) is 3.44. The van der Waals surface area contributed by atoms with Gasteiger partial charge in [-0.05, 0) is 33.7 Å². The fourth-order valence-corrected chi connectivity index (χ4v) is 2.99. The SMILES string of the molecule is CCNC(CC)c1cnn(CCS(=O)(=O)C(C)(C)C)c1. The van der Waals surface area contributed by atoms with Crippen LogP contribution in [-0.4, -0.2) is 35.2 Å². The Labute approximate surface area is 122 Å². The van der Waals surface area contributed by atoms with E-state index in [-0.39, 0.29) is 11.8 Å². The summed E-state index contributed by atoms with van der Waals surface area (Å²) >= 11 is 0. The van der Waals surface area contributed by atoms with Crippen molar-refractivity contribution in [3.05, 3.63) is 18.0 Å². The molecule has 0 saturated carbocycles. The third-order valence-corrected chi connectivity index (χ3v) is 6.02. The van der Waals surface area contributed by atoms with Gasteiger partial charge in [0.05, 0.1) is 23.2 Å². The molecule has 0 aliphatic carbocycles. The number of aromatic nitrogens is 2. The number of hydrogen-bond acceptors (Lipinski definition) is 4. The quantitative estimate of drug-likeness (QED) is 0.838. The maximum atomic E-state index is 12.1. The molecule has 116 valence electrons. The number of sulfone groups is 1. The van der Waals surface area contributed by atoms with E-state index >= 15 is 0 Å². The summed E-state index contributed by atoms with van der Waals surface area (Å²) in [5, 5.41) is 7.65. The first-order valence-corrected chi connectivity index (χ1v) is 8.84. The lowest BCUT2D eigenvalue weighted by Gasteiger charge is -2.18. The van der Waals surface area contributed by atoms with Gasteiger partial charge in [-0.3, -0.25) is 4.68 Å². The predicted molar refractivity (Wildman–Crippen MR) is 82.5 cm³/mol. The van der Waals surface area contributed by atoms with Gasteiger partial charge in [0.2, 0.25) is 0 Å². The van der Waals surface area contributed by atoms with Gasteiger partial charge in [-0.25, -0.2) is 8.42 Å². The lowest BCUT2D eigenvalue weighted by molar-refractivity contribution is 0.535. The molecule has 0 saturated heterocycles. The lowest BCUT2D eigenvalue weighted by atomic mass is 10.1. The molecular formula is C14H27N3O2S. The molecule has 1 rings (SSSR count). The second kappa shape index (κ2) is 6.72. The van der Waals surface area contributed by atoms with E-state index in [0.29, 0.717) is 6.54 Å². The maximum absolute atomic E-state index is 12.1. The largest absolute Gasteiger partial charge is 0.310 e. The van der Waals surface area contributed by atoms with Crippen LogP contribution in [0.15, 0.2) is 12.4 Å². The summed E-state index contributed by atoms with van der Waals surface area (Å²) in [6.45, 7) is 10.7. The van der Waals surface area contributed by atoms with Crippen LogP contribution in [0.1, 0.15) is 52.6 Å². The molecule has 0 aromatic carbocycles. The Kier molecular flexibility index (Phi) is 5.77. The number of rotatable bonds is 7. The molecule has 0 aliphatic rings. The van der Waals surface area contributed by atoms with Crippen molar-refractivity contribution in [1.82, 2.24) is 15.1 Å². The molecule has 1 aromatic rings. The van der Waals surface area contributed by atoms with Crippen LogP contribution in [-0.2, 0) is 16.4 Å². The van der Waals surface area contributed by atoms with E-state index in [1.54, 1.807) is 25.5 Å². The highest BCUT2D eigenvalue weighted by Crippen LogP contribution is 2.18. The third kappa shape index (κ3) is 4.31. The molecule has 1 atom stereocenters. The van der Waals surface area contributed by atoms with E-state index in [9.17, 15) is 8.42 Å². The van der Waals surface area contributed by atoms with Gasteiger partial charge in [-0.1, -0.05) is 13.8 Å². The molecule has 0 aliphatic heterocycles. The fourth-order valence-electron chi connectivity index (χ4n) is 1.95. The minimum atomic E-state index is -3.10. The molecule has 1 heterocycles. The Balaban J connectivity index is 2.70. The Hall–Kier alpha value is -0.880. The van der Waals surface area contributed by atoms with Gasteiger partial charge in [-0.2, -0.15) is 5.10 Å². The molecule has 0 amide bonds. The van der Waals surface area contributed by atoms with Crippen molar-refractivity contribution in [3.63, 3.8) is 0 Å². The number of hydrogen-bond donors (Lipinski definition) is 1. The van der Waals surface area contributed by atoms with Gasteiger partial charge in [0, 0.05) is 17.8 Å². The summed E-state index contributed by atoms with van der Waals surface area (Å²) in [6.07, 6.45) is 4.75. The number of nitrogens with one attached hydrogen (secondary N) is 1. The van der Waals surface area contributed by atoms with Crippen molar-refractivity contribution >= 4 is 9.84 Å². The first-order valence-electron chi connectivity index (χ1n) is 7.19. The summed E-state index contributed by atoms with van der Waals surface area (Å²) in [4.78, 5) is 0. The van der Waals surface area contributed by atoms with E-state index in [1.165, 1.54) is 0 Å². The Morgan fingerprint density at radius 3 is 2.50 bits per heavy atom. The van der Waals surface area contributed by atoms with Crippen LogP contribution < -0.4 is 5.32 Å². The van der Waals surface area contributed by atoms with Crippen molar-refractivity contribution in [1.29, 1.82) is 0 Å². The van der Waals surface area contributed by atoms with E-state index in [1.807, 2.05) is 12.4 Å². The molecule has 20 heavy (non-hydrogen) atoms. The average molecular weight is 301 g/mol. The molecule has 5 nitrogen and oxygen atoms in total. The van der Waals surface area contributed by atoms with E-state index in [4.69, 9.17) is 0 Å². The van der Waals surface area contributed by atoms with Crippen molar-refractivity contribution in [3.8, 4) is 0 Å². The Bertz CT molecular complexity index is 515. The highest BCUT2D eigenvalue weighted by Gasteiger charge is 2.28. The molecule has 1 N–H and O–H groups in total. The minimum absolute atomic E-state index is 0.121. The molecule has 0 radical (unpaired) electrons. The molecule has 0 bridgehead atoms. The van der Waals surface area contributed by atoms with Crippen LogP contribution >= 0.6 is 0 Å². The minimum Gasteiger partial charge on any atom is -0.310 e. The highest BCUT2D eigenvalue weighted by atomic mass is 32.2. The monoisotopic (exact) mass is 301 g/mol. The topological polar surface area (TPSA) is 64.0 Å². The normalized spacial score (nSPS) is 14.4.